The fourth-order valence-electron chi connectivity index (χ4n) is 3.57. The lowest BCUT2D eigenvalue weighted by Crippen LogP contribution is -3.00. The second-order valence-corrected chi connectivity index (χ2v) is 7.67. The molecule has 0 fully saturated rings. The zero-order valence-corrected chi connectivity index (χ0v) is 18.4. The minimum absolute atomic E-state index is 0. The second kappa shape index (κ2) is 7.97. The number of para-hydroxylation sites is 3. The number of fused-ring (bicyclic) bond motifs is 2. The second-order valence-electron chi connectivity index (χ2n) is 6.61. The topological polar surface area (TPSA) is 7.12 Å². The number of aromatic nitrogens is 1. The van der Waals surface area contributed by atoms with Crippen LogP contribution in [0.4, 0.5) is 5.69 Å². The number of hydrogen-bond donors (Lipinski definition) is 0. The van der Waals surface area contributed by atoms with Gasteiger partial charge in [-0.05, 0) is 29.8 Å². The first-order chi connectivity index (χ1) is 13.3. The van der Waals surface area contributed by atoms with Crippen molar-refractivity contribution >= 4 is 34.4 Å². The van der Waals surface area contributed by atoms with Gasteiger partial charge in [-0.3, -0.25) is 0 Å². The van der Waals surface area contributed by atoms with Crippen LogP contribution in [0, 0.1) is 0 Å². The molecule has 0 radical (unpaired) electrons. The number of rotatable bonds is 2. The van der Waals surface area contributed by atoms with Crippen LogP contribution in [0.2, 0.25) is 0 Å². The Kier molecular flexibility index (Phi) is 5.42. The van der Waals surface area contributed by atoms with E-state index in [0.29, 0.717) is 0 Å². The first-order valence-corrected chi connectivity index (χ1v) is 9.84. The average molecular weight is 494 g/mol. The monoisotopic (exact) mass is 494 g/mol. The van der Waals surface area contributed by atoms with Gasteiger partial charge in [-0.2, -0.15) is 4.57 Å². The van der Waals surface area contributed by atoms with Crippen molar-refractivity contribution in [1.29, 1.82) is 0 Å². The van der Waals surface area contributed by atoms with Gasteiger partial charge in [0.05, 0.1) is 16.1 Å². The van der Waals surface area contributed by atoms with Crippen LogP contribution < -0.4 is 33.4 Å². The molecule has 5 rings (SSSR count). The number of anilines is 1. The van der Waals surface area contributed by atoms with Gasteiger partial charge >= 0.3 is 0 Å². The summed E-state index contributed by atoms with van der Waals surface area (Å²) in [5.41, 5.74) is 4.89. The van der Waals surface area contributed by atoms with Gasteiger partial charge in [-0.1, -0.05) is 54.2 Å². The van der Waals surface area contributed by atoms with E-state index in [1.54, 1.807) is 0 Å². The van der Waals surface area contributed by atoms with E-state index in [1.807, 2.05) is 11.8 Å². The van der Waals surface area contributed by atoms with Crippen molar-refractivity contribution in [3.8, 4) is 5.69 Å². The number of benzene rings is 3. The molecule has 1 aliphatic heterocycles. The summed E-state index contributed by atoms with van der Waals surface area (Å²) in [6.45, 7) is 0. The normalized spacial score (nSPS) is 14.2. The molecule has 4 aromatic rings. The summed E-state index contributed by atoms with van der Waals surface area (Å²) in [7, 11) is 2.14. The number of nitrogens with zero attached hydrogens (tertiary/aromatic N) is 2. The van der Waals surface area contributed by atoms with Gasteiger partial charge in [0.1, 0.15) is 0 Å². The summed E-state index contributed by atoms with van der Waals surface area (Å²) in [6, 6.07) is 29.9. The van der Waals surface area contributed by atoms with Crippen LogP contribution in [0.15, 0.2) is 101 Å². The number of halogens is 1. The minimum atomic E-state index is 0. The summed E-state index contributed by atoms with van der Waals surface area (Å²) < 4.78 is 2.25. The summed E-state index contributed by atoms with van der Waals surface area (Å²) >= 11 is 1.83. The van der Waals surface area contributed by atoms with Crippen LogP contribution in [0.1, 0.15) is 5.56 Å². The molecular weight excluding hydrogens is 475 g/mol. The zero-order chi connectivity index (χ0) is 18.2. The Balaban J connectivity index is 0.00000192. The molecule has 1 aliphatic rings. The third-order valence-corrected chi connectivity index (χ3v) is 6.13. The van der Waals surface area contributed by atoms with Crippen LogP contribution in [0.5, 0.6) is 0 Å². The van der Waals surface area contributed by atoms with Gasteiger partial charge in [0.15, 0.2) is 6.20 Å². The summed E-state index contributed by atoms with van der Waals surface area (Å²) in [5.74, 6) is 0. The molecule has 28 heavy (non-hydrogen) atoms. The molecule has 1 aromatic heterocycles. The molecule has 4 heteroatoms. The third-order valence-electron chi connectivity index (χ3n) is 4.96. The van der Waals surface area contributed by atoms with E-state index < -0.39 is 0 Å². The Labute approximate surface area is 186 Å². The van der Waals surface area contributed by atoms with E-state index in [-0.39, 0.29) is 24.0 Å². The standard InChI is InChI=1S/C24H19N2S.HI/c1-25-22-13-7-8-14-23(22)27-24(25)17-18-15-16-26(19-9-3-2-4-10-19)21-12-6-5-11-20(18)21;/h2-17H,1H3;1H/q+1;/p-1. The molecule has 0 spiro atoms. The Bertz CT molecular complexity index is 1170. The van der Waals surface area contributed by atoms with Crippen LogP contribution in [0.25, 0.3) is 22.7 Å². The van der Waals surface area contributed by atoms with Crippen molar-refractivity contribution in [1.82, 2.24) is 0 Å². The Morgan fingerprint density at radius 3 is 2.36 bits per heavy atom. The lowest BCUT2D eigenvalue weighted by Gasteiger charge is -2.13. The molecule has 2 heterocycles. The van der Waals surface area contributed by atoms with Crippen molar-refractivity contribution in [3.63, 3.8) is 0 Å². The van der Waals surface area contributed by atoms with E-state index in [4.69, 9.17) is 0 Å². The van der Waals surface area contributed by atoms with Gasteiger partial charge in [0, 0.05) is 36.2 Å². The summed E-state index contributed by atoms with van der Waals surface area (Å²) in [4.78, 5) is 3.58. The van der Waals surface area contributed by atoms with Gasteiger partial charge in [0.2, 0.25) is 11.2 Å². The molecule has 2 nitrogen and oxygen atoms in total. The summed E-state index contributed by atoms with van der Waals surface area (Å²) in [6.07, 6.45) is 4.46. The average Bonchev–Trinajstić information content (AvgIpc) is 3.05. The van der Waals surface area contributed by atoms with E-state index in [0.717, 1.165) is 0 Å². The van der Waals surface area contributed by atoms with E-state index in [9.17, 15) is 0 Å². The molecule has 3 aromatic carbocycles. The number of hydrogen-bond acceptors (Lipinski definition) is 2. The van der Waals surface area contributed by atoms with Gasteiger partial charge in [0.25, 0.3) is 0 Å². The fourth-order valence-corrected chi connectivity index (χ4v) is 4.67. The van der Waals surface area contributed by atoms with Crippen molar-refractivity contribution in [2.75, 3.05) is 11.9 Å². The molecule has 0 amide bonds. The molecule has 0 unspecified atom stereocenters. The minimum Gasteiger partial charge on any atom is -1.00 e. The summed E-state index contributed by atoms with van der Waals surface area (Å²) in [5, 5.41) is 2.50. The molecule has 138 valence electrons. The number of pyridine rings is 1. The molecule has 0 atom stereocenters. The van der Waals surface area contributed by atoms with E-state index in [2.05, 4.69) is 114 Å². The predicted molar refractivity (Wildman–Crippen MR) is 114 cm³/mol. The van der Waals surface area contributed by atoms with Crippen LogP contribution in [-0.2, 0) is 0 Å². The highest BCUT2D eigenvalue weighted by atomic mass is 127. The van der Waals surface area contributed by atoms with Crippen molar-refractivity contribution in [2.45, 2.75) is 4.90 Å². The van der Waals surface area contributed by atoms with Crippen molar-refractivity contribution in [2.24, 2.45) is 0 Å². The molecule has 0 saturated heterocycles. The predicted octanol–water partition coefficient (Wildman–Crippen LogP) is 2.66. The zero-order valence-electron chi connectivity index (χ0n) is 15.4. The Hall–Kier alpha value is -2.31. The Morgan fingerprint density at radius 1 is 0.821 bits per heavy atom. The van der Waals surface area contributed by atoms with Crippen molar-refractivity contribution < 1.29 is 28.5 Å². The highest BCUT2D eigenvalue weighted by molar-refractivity contribution is 8.03. The molecule has 0 N–H and O–H groups in total. The quantitative estimate of drug-likeness (QED) is 0.313. The number of thioether (sulfide) groups is 1. The van der Waals surface area contributed by atoms with Gasteiger partial charge in [-0.25, -0.2) is 0 Å². The first-order valence-electron chi connectivity index (χ1n) is 9.02. The Morgan fingerprint density at radius 2 is 1.54 bits per heavy atom. The molecule has 0 bridgehead atoms. The lowest BCUT2D eigenvalue weighted by molar-refractivity contribution is -0.567. The molecular formula is C24H19IN2S. The lowest BCUT2D eigenvalue weighted by atomic mass is 10.1. The van der Waals surface area contributed by atoms with Gasteiger partial charge < -0.3 is 28.9 Å². The SMILES string of the molecule is CN1/C(=C/c2cc[n+](-c3ccccc3)c3ccccc23)Sc2ccccc21.[I-]. The maximum atomic E-state index is 2.29. The van der Waals surface area contributed by atoms with E-state index in [1.165, 1.54) is 37.8 Å². The maximum Gasteiger partial charge on any atom is 0.219 e. The molecule has 0 aliphatic carbocycles. The largest absolute Gasteiger partial charge is 1.00 e. The van der Waals surface area contributed by atoms with E-state index >= 15 is 0 Å². The van der Waals surface area contributed by atoms with Crippen LogP contribution >= 0.6 is 11.8 Å². The van der Waals surface area contributed by atoms with Crippen LogP contribution in [0.3, 0.4) is 0 Å². The molecule has 0 saturated carbocycles. The van der Waals surface area contributed by atoms with Crippen molar-refractivity contribution in [3.05, 3.63) is 102 Å². The maximum absolute atomic E-state index is 2.29. The first kappa shape index (κ1) is 19.0. The van der Waals surface area contributed by atoms with Crippen LogP contribution in [-0.4, -0.2) is 7.05 Å². The van der Waals surface area contributed by atoms with Gasteiger partial charge in [-0.15, -0.1) is 0 Å². The highest BCUT2D eigenvalue weighted by Gasteiger charge is 2.22. The third kappa shape index (κ3) is 3.31. The highest BCUT2D eigenvalue weighted by Crippen LogP contribution is 2.45. The fraction of sp³-hybridized carbons (Fsp3) is 0.0417. The smallest absolute Gasteiger partial charge is 0.219 e.